The number of nitrogens with zero attached hydrogens (tertiary/aromatic N) is 2. The van der Waals surface area contributed by atoms with Gasteiger partial charge in [0, 0.05) is 12.6 Å². The van der Waals surface area contributed by atoms with Gasteiger partial charge in [0.25, 0.3) is 10.0 Å². The molecule has 6 nitrogen and oxygen atoms in total. The minimum atomic E-state index is -4.00. The lowest BCUT2D eigenvalue weighted by Gasteiger charge is -2.10. The maximum Gasteiger partial charge on any atom is 0.266 e. The van der Waals surface area contributed by atoms with Gasteiger partial charge in [-0.2, -0.15) is 0 Å². The maximum absolute atomic E-state index is 14.0. The van der Waals surface area contributed by atoms with Gasteiger partial charge in [-0.05, 0) is 17.7 Å². The molecule has 1 aromatic carbocycles. The largest absolute Gasteiger partial charge is 0.310 e. The second-order valence-electron chi connectivity index (χ2n) is 4.65. The topological polar surface area (TPSA) is 84.0 Å². The second kappa shape index (κ2) is 6.46. The van der Waals surface area contributed by atoms with Crippen LogP contribution in [-0.2, 0) is 16.6 Å². The van der Waals surface area contributed by atoms with Crippen molar-refractivity contribution in [3.63, 3.8) is 0 Å². The fraction of sp³-hybridized carbons (Fsp3) is 0.333. The number of anilines is 1. The normalized spacial score (nSPS) is 11.8. The minimum Gasteiger partial charge on any atom is -0.310 e. The van der Waals surface area contributed by atoms with E-state index in [1.807, 2.05) is 13.8 Å². The molecule has 2 N–H and O–H groups in total. The molecule has 114 valence electrons. The van der Waals surface area contributed by atoms with Crippen LogP contribution in [0.3, 0.4) is 0 Å². The highest BCUT2D eigenvalue weighted by molar-refractivity contribution is 7.93. The summed E-state index contributed by atoms with van der Waals surface area (Å²) in [6.45, 7) is 4.42. The Hall–Kier alpha value is -1.58. The highest BCUT2D eigenvalue weighted by Crippen LogP contribution is 2.20. The van der Waals surface area contributed by atoms with Gasteiger partial charge < -0.3 is 5.32 Å². The maximum atomic E-state index is 14.0. The van der Waals surface area contributed by atoms with Crippen LogP contribution in [0.5, 0.6) is 0 Å². The van der Waals surface area contributed by atoms with Crippen molar-refractivity contribution in [2.45, 2.75) is 31.3 Å². The van der Waals surface area contributed by atoms with Crippen molar-refractivity contribution in [1.29, 1.82) is 0 Å². The van der Waals surface area contributed by atoms with Crippen LogP contribution in [0.25, 0.3) is 0 Å². The van der Waals surface area contributed by atoms with Crippen LogP contribution in [0.2, 0.25) is 0 Å². The quantitative estimate of drug-likeness (QED) is 0.846. The first-order valence-corrected chi connectivity index (χ1v) is 8.55. The van der Waals surface area contributed by atoms with Crippen LogP contribution in [0.15, 0.2) is 28.6 Å². The van der Waals surface area contributed by atoms with Gasteiger partial charge in [0.1, 0.15) is 16.2 Å². The Morgan fingerprint density at radius 3 is 2.71 bits per heavy atom. The van der Waals surface area contributed by atoms with E-state index in [0.29, 0.717) is 12.1 Å². The SMILES string of the molecule is CC(C)NCc1ccc(S(=O)(=O)Nc2nncs2)c(F)c1. The van der Waals surface area contributed by atoms with Gasteiger partial charge in [-0.1, -0.05) is 31.3 Å². The van der Waals surface area contributed by atoms with E-state index in [1.54, 1.807) is 6.07 Å². The van der Waals surface area contributed by atoms with Gasteiger partial charge >= 0.3 is 0 Å². The summed E-state index contributed by atoms with van der Waals surface area (Å²) in [5.74, 6) is -0.796. The van der Waals surface area contributed by atoms with Crippen molar-refractivity contribution in [3.8, 4) is 0 Å². The molecule has 0 aliphatic rings. The van der Waals surface area contributed by atoms with Crippen molar-refractivity contribution < 1.29 is 12.8 Å². The summed E-state index contributed by atoms with van der Waals surface area (Å²) in [7, 11) is -4.00. The fourth-order valence-electron chi connectivity index (χ4n) is 1.58. The lowest BCUT2D eigenvalue weighted by Crippen LogP contribution is -2.22. The number of benzene rings is 1. The van der Waals surface area contributed by atoms with Crippen LogP contribution in [0.1, 0.15) is 19.4 Å². The van der Waals surface area contributed by atoms with Gasteiger partial charge in [0.05, 0.1) is 0 Å². The summed E-state index contributed by atoms with van der Waals surface area (Å²) in [6.07, 6.45) is 0. The number of sulfonamides is 1. The number of hydrogen-bond acceptors (Lipinski definition) is 6. The average molecular weight is 330 g/mol. The van der Waals surface area contributed by atoms with Crippen LogP contribution >= 0.6 is 11.3 Å². The molecule has 0 radical (unpaired) electrons. The monoisotopic (exact) mass is 330 g/mol. The number of rotatable bonds is 6. The van der Waals surface area contributed by atoms with Crippen molar-refractivity contribution >= 4 is 26.5 Å². The zero-order valence-corrected chi connectivity index (χ0v) is 13.1. The Morgan fingerprint density at radius 1 is 1.38 bits per heavy atom. The molecular weight excluding hydrogens is 315 g/mol. The molecule has 9 heteroatoms. The summed E-state index contributed by atoms with van der Waals surface area (Å²) in [4.78, 5) is -0.411. The zero-order valence-electron chi connectivity index (χ0n) is 11.5. The second-order valence-corrected chi connectivity index (χ2v) is 7.13. The molecule has 2 aromatic rings. The van der Waals surface area contributed by atoms with E-state index in [1.165, 1.54) is 17.6 Å². The fourth-order valence-corrected chi connectivity index (χ4v) is 3.34. The molecule has 0 aliphatic carbocycles. The molecule has 0 amide bonds. The first-order chi connectivity index (χ1) is 9.88. The predicted octanol–water partition coefficient (Wildman–Crippen LogP) is 1.98. The third-order valence-electron chi connectivity index (χ3n) is 2.58. The lowest BCUT2D eigenvalue weighted by molar-refractivity contribution is 0.560. The van der Waals surface area contributed by atoms with E-state index in [4.69, 9.17) is 0 Å². The smallest absolute Gasteiger partial charge is 0.266 e. The number of halogens is 1. The third-order valence-corrected chi connectivity index (χ3v) is 4.69. The van der Waals surface area contributed by atoms with Crippen LogP contribution < -0.4 is 10.0 Å². The molecule has 0 saturated heterocycles. The molecule has 0 spiro atoms. The number of nitrogens with one attached hydrogen (secondary N) is 2. The van der Waals surface area contributed by atoms with E-state index in [0.717, 1.165) is 11.3 Å². The van der Waals surface area contributed by atoms with Gasteiger partial charge in [0.15, 0.2) is 0 Å². The van der Waals surface area contributed by atoms with Gasteiger partial charge in [-0.15, -0.1) is 10.2 Å². The third kappa shape index (κ3) is 4.19. The van der Waals surface area contributed by atoms with Crippen molar-refractivity contribution in [2.75, 3.05) is 4.72 Å². The van der Waals surface area contributed by atoms with Gasteiger partial charge in [-0.25, -0.2) is 12.8 Å². The molecule has 0 saturated carbocycles. The first kappa shape index (κ1) is 15.8. The van der Waals surface area contributed by atoms with E-state index in [2.05, 4.69) is 20.2 Å². The van der Waals surface area contributed by atoms with Gasteiger partial charge in [-0.3, -0.25) is 4.72 Å². The van der Waals surface area contributed by atoms with Crippen molar-refractivity contribution in [3.05, 3.63) is 35.1 Å². The number of hydrogen-bond donors (Lipinski definition) is 2. The number of aromatic nitrogens is 2. The summed E-state index contributed by atoms with van der Waals surface area (Å²) in [6, 6.07) is 4.29. The van der Waals surface area contributed by atoms with E-state index in [-0.39, 0.29) is 11.2 Å². The first-order valence-electron chi connectivity index (χ1n) is 6.19. The zero-order chi connectivity index (χ0) is 15.5. The Morgan fingerprint density at radius 2 is 2.14 bits per heavy atom. The molecule has 2 rings (SSSR count). The van der Waals surface area contributed by atoms with Crippen LogP contribution in [0.4, 0.5) is 9.52 Å². The van der Waals surface area contributed by atoms with Crippen molar-refractivity contribution in [2.24, 2.45) is 0 Å². The molecular formula is C12H15FN4O2S2. The molecule has 0 atom stereocenters. The Bertz CT molecular complexity index is 702. The van der Waals surface area contributed by atoms with Crippen molar-refractivity contribution in [1.82, 2.24) is 15.5 Å². The van der Waals surface area contributed by atoms with E-state index in [9.17, 15) is 12.8 Å². The molecule has 1 aromatic heterocycles. The standard InChI is InChI=1S/C12H15FN4O2S2/c1-8(2)14-6-9-3-4-11(10(13)5-9)21(18,19)17-12-16-15-7-20-12/h3-5,7-8,14H,6H2,1-2H3,(H,16,17). The minimum absolute atomic E-state index is 0.0972. The van der Waals surface area contributed by atoms with Crippen LogP contribution in [0, 0.1) is 5.82 Å². The lowest BCUT2D eigenvalue weighted by atomic mass is 10.2. The molecule has 0 aliphatic heterocycles. The molecule has 0 fully saturated rings. The molecule has 0 bridgehead atoms. The Balaban J connectivity index is 2.20. The Labute approximate surface area is 126 Å². The van der Waals surface area contributed by atoms with E-state index < -0.39 is 20.7 Å². The van der Waals surface area contributed by atoms with E-state index >= 15 is 0 Å². The summed E-state index contributed by atoms with van der Waals surface area (Å²) in [5, 5.41) is 10.3. The highest BCUT2D eigenvalue weighted by atomic mass is 32.2. The van der Waals surface area contributed by atoms with Gasteiger partial charge in [0.2, 0.25) is 5.13 Å². The van der Waals surface area contributed by atoms with Crippen LogP contribution in [-0.4, -0.2) is 24.7 Å². The summed E-state index contributed by atoms with van der Waals surface area (Å²) in [5.41, 5.74) is 2.06. The average Bonchev–Trinajstić information content (AvgIpc) is 2.88. The molecule has 0 unspecified atom stereocenters. The highest BCUT2D eigenvalue weighted by Gasteiger charge is 2.20. The molecule has 21 heavy (non-hydrogen) atoms. The summed E-state index contributed by atoms with van der Waals surface area (Å²) >= 11 is 1.02. The summed E-state index contributed by atoms with van der Waals surface area (Å²) < 4.78 is 40.3. The predicted molar refractivity (Wildman–Crippen MR) is 79.1 cm³/mol. The Kier molecular flexibility index (Phi) is 4.86. The molecule has 1 heterocycles.